The maximum absolute atomic E-state index is 4.56. The highest BCUT2D eigenvalue weighted by atomic mass is 15.1. The summed E-state index contributed by atoms with van der Waals surface area (Å²) in [6, 6.07) is 31.7. The van der Waals surface area contributed by atoms with Crippen molar-refractivity contribution < 1.29 is 0 Å². The van der Waals surface area contributed by atoms with Gasteiger partial charge in [-0.1, -0.05) is 36.4 Å². The van der Waals surface area contributed by atoms with Crippen molar-refractivity contribution in [1.82, 2.24) is 9.55 Å². The monoisotopic (exact) mass is 349 g/mol. The van der Waals surface area contributed by atoms with E-state index >= 15 is 0 Å². The van der Waals surface area contributed by atoms with Crippen LogP contribution in [0.4, 0.5) is 17.1 Å². The third-order valence-corrected chi connectivity index (χ3v) is 5.02. The smallest absolute Gasteiger partial charge is 0.140 e. The summed E-state index contributed by atoms with van der Waals surface area (Å²) in [5, 5.41) is 2.40. The fraction of sp³-hybridized carbons (Fsp3) is 0.0417. The van der Waals surface area contributed by atoms with Gasteiger partial charge in [-0.3, -0.25) is 0 Å². The lowest BCUT2D eigenvalue weighted by molar-refractivity contribution is 0.989. The molecule has 3 nitrogen and oxygen atoms in total. The van der Waals surface area contributed by atoms with E-state index in [4.69, 9.17) is 0 Å². The van der Waals surface area contributed by atoms with Gasteiger partial charge in [0, 0.05) is 41.1 Å². The number of anilines is 3. The van der Waals surface area contributed by atoms with E-state index in [0.717, 1.165) is 22.7 Å². The molecular formula is C24H19N3. The number of pyridine rings is 1. The van der Waals surface area contributed by atoms with Gasteiger partial charge >= 0.3 is 0 Å². The quantitative estimate of drug-likeness (QED) is 0.387. The molecule has 0 fully saturated rings. The third kappa shape index (κ3) is 2.56. The molecule has 0 aliphatic rings. The minimum Gasteiger partial charge on any atom is -0.328 e. The lowest BCUT2D eigenvalue weighted by atomic mass is 10.1. The first-order valence-electron chi connectivity index (χ1n) is 9.06. The minimum absolute atomic E-state index is 1.01. The lowest BCUT2D eigenvalue weighted by Gasteiger charge is -2.25. The number of rotatable bonds is 3. The Balaban J connectivity index is 1.77. The molecule has 5 aromatic rings. The van der Waals surface area contributed by atoms with E-state index < -0.39 is 0 Å². The van der Waals surface area contributed by atoms with E-state index in [0.29, 0.717) is 0 Å². The van der Waals surface area contributed by atoms with Crippen LogP contribution in [0.2, 0.25) is 0 Å². The number of benzene rings is 3. The molecule has 27 heavy (non-hydrogen) atoms. The van der Waals surface area contributed by atoms with Crippen molar-refractivity contribution in [3.05, 3.63) is 97.2 Å². The fourth-order valence-corrected chi connectivity index (χ4v) is 3.76. The van der Waals surface area contributed by atoms with Gasteiger partial charge in [0.1, 0.15) is 5.65 Å². The molecule has 2 heterocycles. The number of nitrogens with zero attached hydrogens (tertiary/aromatic N) is 3. The van der Waals surface area contributed by atoms with Crippen LogP contribution in [0.15, 0.2) is 97.2 Å². The van der Waals surface area contributed by atoms with Crippen molar-refractivity contribution in [2.75, 3.05) is 4.90 Å². The number of para-hydroxylation sites is 2. The Bertz CT molecular complexity index is 1180. The van der Waals surface area contributed by atoms with Crippen LogP contribution in [-0.2, 0) is 7.05 Å². The summed E-state index contributed by atoms with van der Waals surface area (Å²) in [6.45, 7) is 0. The van der Waals surface area contributed by atoms with Gasteiger partial charge in [-0.2, -0.15) is 0 Å². The van der Waals surface area contributed by atoms with E-state index in [1.54, 1.807) is 0 Å². The molecule has 0 radical (unpaired) electrons. The van der Waals surface area contributed by atoms with Crippen LogP contribution in [0.1, 0.15) is 0 Å². The molecule has 0 amide bonds. The van der Waals surface area contributed by atoms with Crippen LogP contribution in [-0.4, -0.2) is 9.55 Å². The number of aromatic nitrogens is 2. The average Bonchev–Trinajstić information content (AvgIpc) is 3.02. The van der Waals surface area contributed by atoms with Crippen molar-refractivity contribution in [3.63, 3.8) is 0 Å². The Morgan fingerprint density at radius 2 is 1.33 bits per heavy atom. The zero-order valence-corrected chi connectivity index (χ0v) is 15.1. The first-order valence-corrected chi connectivity index (χ1v) is 9.06. The second-order valence-corrected chi connectivity index (χ2v) is 6.64. The average molecular weight is 349 g/mol. The van der Waals surface area contributed by atoms with Gasteiger partial charge in [0.25, 0.3) is 0 Å². The second-order valence-electron chi connectivity index (χ2n) is 6.64. The van der Waals surface area contributed by atoms with Crippen molar-refractivity contribution >= 4 is 39.0 Å². The molecule has 5 rings (SSSR count). The predicted octanol–water partition coefficient (Wildman–Crippen LogP) is 6.20. The summed E-state index contributed by atoms with van der Waals surface area (Å²) >= 11 is 0. The number of aryl methyl sites for hydroxylation is 1. The van der Waals surface area contributed by atoms with Gasteiger partial charge in [0.05, 0.1) is 5.52 Å². The summed E-state index contributed by atoms with van der Waals surface area (Å²) in [4.78, 5) is 6.84. The zero-order chi connectivity index (χ0) is 18.2. The number of hydrogen-bond donors (Lipinski definition) is 0. The van der Waals surface area contributed by atoms with Crippen molar-refractivity contribution in [1.29, 1.82) is 0 Å². The van der Waals surface area contributed by atoms with E-state index in [1.807, 2.05) is 24.4 Å². The van der Waals surface area contributed by atoms with Crippen LogP contribution in [0.25, 0.3) is 21.9 Å². The van der Waals surface area contributed by atoms with Gasteiger partial charge < -0.3 is 9.47 Å². The Morgan fingerprint density at radius 3 is 2.00 bits per heavy atom. The van der Waals surface area contributed by atoms with E-state index in [-0.39, 0.29) is 0 Å². The Hall–Kier alpha value is -3.59. The van der Waals surface area contributed by atoms with Gasteiger partial charge in [-0.25, -0.2) is 4.98 Å². The molecule has 0 unspecified atom stereocenters. The van der Waals surface area contributed by atoms with Gasteiger partial charge in [-0.15, -0.1) is 0 Å². The lowest BCUT2D eigenvalue weighted by Crippen LogP contribution is -2.09. The van der Waals surface area contributed by atoms with Crippen LogP contribution in [0.5, 0.6) is 0 Å². The van der Waals surface area contributed by atoms with Crippen LogP contribution < -0.4 is 4.90 Å². The predicted molar refractivity (Wildman–Crippen MR) is 113 cm³/mol. The molecule has 0 atom stereocenters. The topological polar surface area (TPSA) is 21.1 Å². The molecular weight excluding hydrogens is 330 g/mol. The molecule has 0 aliphatic carbocycles. The molecule has 0 bridgehead atoms. The van der Waals surface area contributed by atoms with Crippen molar-refractivity contribution in [2.45, 2.75) is 0 Å². The Morgan fingerprint density at radius 1 is 0.667 bits per heavy atom. The summed E-state index contributed by atoms with van der Waals surface area (Å²) in [5.41, 5.74) is 5.61. The highest BCUT2D eigenvalue weighted by molar-refractivity contribution is 6.08. The second kappa shape index (κ2) is 6.29. The highest BCUT2D eigenvalue weighted by Gasteiger charge is 2.15. The summed E-state index contributed by atoms with van der Waals surface area (Å²) in [5.74, 6) is 0. The van der Waals surface area contributed by atoms with E-state index in [2.05, 4.69) is 94.3 Å². The highest BCUT2D eigenvalue weighted by Crippen LogP contribution is 2.37. The maximum atomic E-state index is 4.56. The first kappa shape index (κ1) is 15.6. The normalized spacial score (nSPS) is 11.1. The molecule has 0 spiro atoms. The summed E-state index contributed by atoms with van der Waals surface area (Å²) < 4.78 is 2.16. The molecule has 3 heteroatoms. The minimum atomic E-state index is 1.01. The molecule has 0 saturated carbocycles. The van der Waals surface area contributed by atoms with Crippen molar-refractivity contribution in [3.8, 4) is 0 Å². The molecule has 0 saturated heterocycles. The largest absolute Gasteiger partial charge is 0.328 e. The van der Waals surface area contributed by atoms with Crippen LogP contribution in [0, 0.1) is 0 Å². The van der Waals surface area contributed by atoms with Gasteiger partial charge in [0.15, 0.2) is 0 Å². The van der Waals surface area contributed by atoms with Gasteiger partial charge in [-0.05, 0) is 54.6 Å². The molecule has 3 aromatic carbocycles. The number of fused-ring (bicyclic) bond motifs is 3. The van der Waals surface area contributed by atoms with Crippen molar-refractivity contribution in [2.24, 2.45) is 7.05 Å². The Labute approximate surface area is 158 Å². The first-order chi connectivity index (χ1) is 13.3. The summed E-state index contributed by atoms with van der Waals surface area (Å²) in [7, 11) is 2.07. The SMILES string of the molecule is Cn1c2ccc(N(c3ccccc3)c3ccccc3)cc2c2cccnc21. The molecule has 130 valence electrons. The molecule has 0 N–H and O–H groups in total. The fourth-order valence-electron chi connectivity index (χ4n) is 3.76. The maximum Gasteiger partial charge on any atom is 0.140 e. The Kier molecular flexibility index (Phi) is 3.65. The standard InChI is InChI=1S/C24H19N3/c1-26-23-15-14-20(17-22(23)21-13-8-16-25-24(21)26)27(18-9-4-2-5-10-18)19-11-6-3-7-12-19/h2-17H,1H3. The van der Waals surface area contributed by atoms with E-state index in [1.165, 1.54) is 16.3 Å². The number of hydrogen-bond acceptors (Lipinski definition) is 2. The van der Waals surface area contributed by atoms with E-state index in [9.17, 15) is 0 Å². The molecule has 2 aromatic heterocycles. The zero-order valence-electron chi connectivity index (χ0n) is 15.1. The van der Waals surface area contributed by atoms with Gasteiger partial charge in [0.2, 0.25) is 0 Å². The van der Waals surface area contributed by atoms with Crippen LogP contribution >= 0.6 is 0 Å². The third-order valence-electron chi connectivity index (χ3n) is 5.02. The van der Waals surface area contributed by atoms with Crippen LogP contribution in [0.3, 0.4) is 0 Å². The summed E-state index contributed by atoms with van der Waals surface area (Å²) in [6.07, 6.45) is 1.85. The molecule has 0 aliphatic heterocycles.